The Morgan fingerprint density at radius 3 is 2.30 bits per heavy atom. The van der Waals surface area contributed by atoms with Crippen molar-refractivity contribution in [1.29, 1.82) is 0 Å². The van der Waals surface area contributed by atoms with Crippen LogP contribution in [0.25, 0.3) is 10.8 Å². The molecule has 5 nitrogen and oxygen atoms in total. The summed E-state index contributed by atoms with van der Waals surface area (Å²) in [5.74, 6) is 0.836. The van der Waals surface area contributed by atoms with Crippen molar-refractivity contribution in [3.63, 3.8) is 0 Å². The number of anilines is 1. The number of hydrogen-bond donors (Lipinski definition) is 2. The molecule has 5 heteroatoms. The second-order valence-electron chi connectivity index (χ2n) is 6.16. The number of aromatic nitrogens is 2. The molecule has 27 heavy (non-hydrogen) atoms. The van der Waals surface area contributed by atoms with Crippen LogP contribution in [-0.2, 0) is 6.42 Å². The number of phenolic OH excluding ortho intramolecular Hbond substituents is 1. The fourth-order valence-corrected chi connectivity index (χ4v) is 2.89. The van der Waals surface area contributed by atoms with Crippen LogP contribution in [0.15, 0.2) is 84.0 Å². The number of nitrogens with one attached hydrogen (secondary N) is 1. The van der Waals surface area contributed by atoms with Crippen LogP contribution in [0.3, 0.4) is 0 Å². The highest BCUT2D eigenvalue weighted by Crippen LogP contribution is 2.24. The van der Waals surface area contributed by atoms with Gasteiger partial charge in [0.15, 0.2) is 5.82 Å². The molecule has 0 radical (unpaired) electrons. The van der Waals surface area contributed by atoms with Crippen LogP contribution in [0, 0.1) is 0 Å². The molecule has 132 valence electrons. The average Bonchev–Trinajstić information content (AvgIpc) is 2.72. The number of rotatable bonds is 5. The molecule has 4 aromatic rings. The molecule has 1 heterocycles. The van der Waals surface area contributed by atoms with Crippen LogP contribution in [0.4, 0.5) is 5.82 Å². The van der Waals surface area contributed by atoms with Crippen molar-refractivity contribution in [2.24, 2.45) is 5.10 Å². The fraction of sp³-hybridized carbons (Fsp3) is 0.0455. The van der Waals surface area contributed by atoms with Crippen LogP contribution in [0.1, 0.15) is 16.8 Å². The smallest absolute Gasteiger partial charge is 0.176 e. The van der Waals surface area contributed by atoms with E-state index in [2.05, 4.69) is 38.9 Å². The second kappa shape index (κ2) is 7.66. The summed E-state index contributed by atoms with van der Waals surface area (Å²) in [6.07, 6.45) is 2.40. The third-order valence-electron chi connectivity index (χ3n) is 4.26. The molecule has 0 saturated carbocycles. The molecule has 0 atom stereocenters. The van der Waals surface area contributed by atoms with Crippen molar-refractivity contribution in [2.75, 3.05) is 5.43 Å². The van der Waals surface area contributed by atoms with Crippen molar-refractivity contribution >= 4 is 22.8 Å². The molecule has 0 spiro atoms. The molecule has 0 bridgehead atoms. The molecule has 0 aliphatic heterocycles. The van der Waals surface area contributed by atoms with E-state index in [0.717, 1.165) is 28.5 Å². The van der Waals surface area contributed by atoms with Gasteiger partial charge in [0, 0.05) is 17.2 Å². The zero-order valence-corrected chi connectivity index (χ0v) is 14.6. The molecule has 2 N–H and O–H groups in total. The van der Waals surface area contributed by atoms with E-state index < -0.39 is 0 Å². The van der Waals surface area contributed by atoms with Gasteiger partial charge in [-0.1, -0.05) is 54.6 Å². The standard InChI is InChI=1S/C22H18N4O/c27-18-12-10-17(11-13-18)15-23-25-22-20-9-5-4-8-19(20)21(24-26-22)14-16-6-2-1-3-7-16/h1-13,15,27H,14H2,(H,25,26). The summed E-state index contributed by atoms with van der Waals surface area (Å²) in [5.41, 5.74) is 5.98. The Labute approximate surface area is 157 Å². The number of aromatic hydroxyl groups is 1. The van der Waals surface area contributed by atoms with Crippen LogP contribution >= 0.6 is 0 Å². The van der Waals surface area contributed by atoms with E-state index in [4.69, 9.17) is 0 Å². The van der Waals surface area contributed by atoms with Crippen LogP contribution in [-0.4, -0.2) is 21.5 Å². The minimum atomic E-state index is 0.228. The third-order valence-corrected chi connectivity index (χ3v) is 4.26. The van der Waals surface area contributed by atoms with Gasteiger partial charge in [-0.15, -0.1) is 5.10 Å². The summed E-state index contributed by atoms with van der Waals surface area (Å²) in [5, 5.41) is 24.4. The third kappa shape index (κ3) is 3.93. The lowest BCUT2D eigenvalue weighted by molar-refractivity contribution is 0.475. The van der Waals surface area contributed by atoms with Crippen molar-refractivity contribution < 1.29 is 5.11 Å². The Hall–Kier alpha value is -3.73. The van der Waals surface area contributed by atoms with E-state index >= 15 is 0 Å². The lowest BCUT2D eigenvalue weighted by Crippen LogP contribution is -2.02. The van der Waals surface area contributed by atoms with Crippen LogP contribution in [0.2, 0.25) is 0 Å². The Bertz CT molecular complexity index is 1080. The maximum atomic E-state index is 9.33. The fourth-order valence-electron chi connectivity index (χ4n) is 2.89. The molecule has 0 unspecified atom stereocenters. The van der Waals surface area contributed by atoms with Gasteiger partial charge in [-0.25, -0.2) is 0 Å². The quantitative estimate of drug-likeness (QED) is 0.412. The summed E-state index contributed by atoms with van der Waals surface area (Å²) in [4.78, 5) is 0. The molecular weight excluding hydrogens is 336 g/mol. The number of phenols is 1. The number of fused-ring (bicyclic) bond motifs is 1. The predicted molar refractivity (Wildman–Crippen MR) is 108 cm³/mol. The molecule has 4 rings (SSSR count). The van der Waals surface area contributed by atoms with Gasteiger partial charge < -0.3 is 5.11 Å². The van der Waals surface area contributed by atoms with E-state index in [-0.39, 0.29) is 5.75 Å². The minimum absolute atomic E-state index is 0.228. The van der Waals surface area contributed by atoms with Crippen LogP contribution in [0.5, 0.6) is 5.75 Å². The molecule has 0 saturated heterocycles. The Kier molecular flexibility index (Phi) is 4.74. The largest absolute Gasteiger partial charge is 0.508 e. The second-order valence-corrected chi connectivity index (χ2v) is 6.16. The van der Waals surface area contributed by atoms with Gasteiger partial charge in [0.1, 0.15) is 5.75 Å². The van der Waals surface area contributed by atoms with E-state index in [0.29, 0.717) is 5.82 Å². The molecular formula is C22H18N4O. The van der Waals surface area contributed by atoms with Crippen LogP contribution < -0.4 is 5.43 Å². The van der Waals surface area contributed by atoms with Crippen molar-refractivity contribution in [2.45, 2.75) is 6.42 Å². The highest BCUT2D eigenvalue weighted by atomic mass is 16.3. The van der Waals surface area contributed by atoms with E-state index in [1.165, 1.54) is 5.56 Å². The number of nitrogens with zero attached hydrogens (tertiary/aromatic N) is 3. The Morgan fingerprint density at radius 1 is 0.815 bits per heavy atom. The van der Waals surface area contributed by atoms with E-state index in [1.54, 1.807) is 30.5 Å². The zero-order chi connectivity index (χ0) is 18.5. The first-order chi connectivity index (χ1) is 13.3. The Morgan fingerprint density at radius 2 is 1.52 bits per heavy atom. The van der Waals surface area contributed by atoms with Gasteiger partial charge in [0.05, 0.1) is 11.9 Å². The maximum absolute atomic E-state index is 9.33. The van der Waals surface area contributed by atoms with Crippen molar-refractivity contribution in [3.8, 4) is 5.75 Å². The lowest BCUT2D eigenvalue weighted by atomic mass is 10.0. The minimum Gasteiger partial charge on any atom is -0.508 e. The van der Waals surface area contributed by atoms with Gasteiger partial charge in [-0.05, 0) is 35.4 Å². The first-order valence-corrected chi connectivity index (χ1v) is 8.66. The summed E-state index contributed by atoms with van der Waals surface area (Å²) in [7, 11) is 0. The molecule has 1 aromatic heterocycles. The molecule has 0 fully saturated rings. The van der Waals surface area contributed by atoms with Gasteiger partial charge >= 0.3 is 0 Å². The number of hydrazone groups is 1. The monoisotopic (exact) mass is 354 g/mol. The normalized spacial score (nSPS) is 11.1. The summed E-state index contributed by atoms with van der Waals surface area (Å²) < 4.78 is 0. The number of benzene rings is 3. The highest BCUT2D eigenvalue weighted by molar-refractivity contribution is 5.93. The molecule has 0 aliphatic rings. The SMILES string of the molecule is Oc1ccc(C=NNc2nnc(Cc3ccccc3)c3ccccc23)cc1. The van der Waals surface area contributed by atoms with Gasteiger partial charge in [-0.2, -0.15) is 10.2 Å². The van der Waals surface area contributed by atoms with Gasteiger partial charge in [-0.3, -0.25) is 5.43 Å². The van der Waals surface area contributed by atoms with Crippen molar-refractivity contribution in [3.05, 3.63) is 95.7 Å². The Balaban J connectivity index is 1.60. The summed E-state index contributed by atoms with van der Waals surface area (Å²) >= 11 is 0. The molecule has 3 aromatic carbocycles. The first-order valence-electron chi connectivity index (χ1n) is 8.66. The van der Waals surface area contributed by atoms with Crippen molar-refractivity contribution in [1.82, 2.24) is 10.2 Å². The number of hydrogen-bond acceptors (Lipinski definition) is 5. The molecule has 0 amide bonds. The van der Waals surface area contributed by atoms with E-state index in [9.17, 15) is 5.11 Å². The summed E-state index contributed by atoms with van der Waals surface area (Å²) in [6.45, 7) is 0. The average molecular weight is 354 g/mol. The topological polar surface area (TPSA) is 70.4 Å². The zero-order valence-electron chi connectivity index (χ0n) is 14.6. The predicted octanol–water partition coefficient (Wildman–Crippen LogP) is 4.37. The van der Waals surface area contributed by atoms with E-state index in [1.807, 2.05) is 36.4 Å². The maximum Gasteiger partial charge on any atom is 0.176 e. The first kappa shape index (κ1) is 16.7. The highest BCUT2D eigenvalue weighted by Gasteiger charge is 2.09. The van der Waals surface area contributed by atoms with Gasteiger partial charge in [0.2, 0.25) is 0 Å². The molecule has 0 aliphatic carbocycles. The van der Waals surface area contributed by atoms with Gasteiger partial charge in [0.25, 0.3) is 0 Å². The summed E-state index contributed by atoms with van der Waals surface area (Å²) in [6, 6.07) is 25.1. The lowest BCUT2D eigenvalue weighted by Gasteiger charge is -2.08.